The maximum Gasteiger partial charge on any atom is 0.432 e. The number of carbonyl (C=O) groups is 2. The fraction of sp³-hybridized carbons (Fsp3) is 0.385. The van der Waals surface area contributed by atoms with Crippen molar-refractivity contribution in [3.63, 3.8) is 0 Å². The lowest BCUT2D eigenvalue weighted by Crippen LogP contribution is -2.53. The van der Waals surface area contributed by atoms with Gasteiger partial charge in [0, 0.05) is 24.7 Å². The lowest BCUT2D eigenvalue weighted by atomic mass is 9.91. The smallest absolute Gasteiger partial charge is 0.432 e. The molecule has 35 heavy (non-hydrogen) atoms. The van der Waals surface area contributed by atoms with Crippen molar-refractivity contribution in [2.45, 2.75) is 43.4 Å². The van der Waals surface area contributed by atoms with E-state index in [1.54, 1.807) is 43.3 Å². The molecule has 6 nitrogen and oxygen atoms in total. The quantitative estimate of drug-likeness (QED) is 0.386. The van der Waals surface area contributed by atoms with Crippen LogP contribution in [0.2, 0.25) is 0 Å². The Hall–Kier alpha value is -3.17. The maximum atomic E-state index is 14.3. The highest BCUT2D eigenvalue weighted by Crippen LogP contribution is 2.46. The number of ether oxygens (including phenoxy) is 4. The molecule has 1 aliphatic heterocycles. The fourth-order valence-corrected chi connectivity index (χ4v) is 4.19. The van der Waals surface area contributed by atoms with Gasteiger partial charge in [-0.25, -0.2) is 9.59 Å². The van der Waals surface area contributed by atoms with Crippen molar-refractivity contribution in [1.82, 2.24) is 0 Å². The molecule has 0 amide bonds. The molecule has 0 saturated carbocycles. The number of alkyl halides is 3. The molecule has 0 N–H and O–H groups in total. The van der Waals surface area contributed by atoms with E-state index < -0.39 is 47.9 Å². The van der Waals surface area contributed by atoms with Crippen LogP contribution in [0.15, 0.2) is 72.8 Å². The summed E-state index contributed by atoms with van der Waals surface area (Å²) in [6.07, 6.45) is -4.42. The molecule has 2 aromatic rings. The molecule has 2 aromatic carbocycles. The van der Waals surface area contributed by atoms with E-state index in [1.165, 1.54) is 43.5 Å². The Morgan fingerprint density at radius 3 is 2.14 bits per heavy atom. The largest absolute Gasteiger partial charge is 0.466 e. The van der Waals surface area contributed by atoms with Gasteiger partial charge in [-0.1, -0.05) is 73.7 Å². The molecule has 1 fully saturated rings. The first kappa shape index (κ1) is 26.4. The summed E-state index contributed by atoms with van der Waals surface area (Å²) in [6.45, 7) is 1.72. The first-order chi connectivity index (χ1) is 16.7. The number of hydrogen-bond donors (Lipinski definition) is 0. The van der Waals surface area contributed by atoms with Gasteiger partial charge >= 0.3 is 18.1 Å². The molecule has 0 spiro atoms. The molecular formula is C26H27F3O6. The second-order valence-corrected chi connectivity index (χ2v) is 8.15. The zero-order valence-corrected chi connectivity index (χ0v) is 19.5. The Balaban J connectivity index is 1.95. The van der Waals surface area contributed by atoms with Crippen LogP contribution in [0.4, 0.5) is 13.2 Å². The predicted octanol–water partition coefficient (Wildman–Crippen LogP) is 4.90. The second-order valence-electron chi connectivity index (χ2n) is 8.15. The standard InChI is InChI=1S/C26H27F3O6/c1-17-20(15-10-16-21(30)32-2)34-23(18-11-6-4-7-12-18)22(17)35-24(31)25(33-3,26(27,28)29)19-13-8-5-9-14-19/h4-14,16-17,20,22-23H,15H2,1-3H3/b16-10+/t17-,20-,22+,23+,25+/m0/s1. The van der Waals surface area contributed by atoms with Crippen LogP contribution in [0, 0.1) is 5.92 Å². The van der Waals surface area contributed by atoms with Gasteiger partial charge < -0.3 is 18.9 Å². The van der Waals surface area contributed by atoms with Gasteiger partial charge in [0.05, 0.1) is 13.2 Å². The third kappa shape index (κ3) is 5.41. The van der Waals surface area contributed by atoms with Crippen LogP contribution in [0.25, 0.3) is 0 Å². The Morgan fingerprint density at radius 2 is 1.60 bits per heavy atom. The van der Waals surface area contributed by atoms with Crippen LogP contribution in [0.1, 0.15) is 30.6 Å². The molecule has 1 heterocycles. The van der Waals surface area contributed by atoms with Gasteiger partial charge in [0.25, 0.3) is 5.60 Å². The van der Waals surface area contributed by atoms with E-state index in [4.69, 9.17) is 14.2 Å². The molecule has 0 radical (unpaired) electrons. The van der Waals surface area contributed by atoms with Crippen molar-refractivity contribution in [2.75, 3.05) is 14.2 Å². The summed E-state index contributed by atoms with van der Waals surface area (Å²) in [5.74, 6) is -2.62. The number of methoxy groups -OCH3 is 2. The minimum atomic E-state index is -5.09. The van der Waals surface area contributed by atoms with Gasteiger partial charge in [-0.15, -0.1) is 0 Å². The third-order valence-corrected chi connectivity index (χ3v) is 6.09. The van der Waals surface area contributed by atoms with Gasteiger partial charge in [0.2, 0.25) is 0 Å². The SMILES string of the molecule is COC(=O)/C=C/C[C@@H]1O[C@H](c2ccccc2)[C@H](OC(=O)[C@](OC)(c2ccccc2)C(F)(F)F)[C@H]1C. The van der Waals surface area contributed by atoms with Gasteiger partial charge in [0.15, 0.2) is 0 Å². The number of carbonyl (C=O) groups excluding carboxylic acids is 2. The molecule has 188 valence electrons. The lowest BCUT2D eigenvalue weighted by molar-refractivity contribution is -0.279. The fourth-order valence-electron chi connectivity index (χ4n) is 4.19. The molecule has 0 aromatic heterocycles. The third-order valence-electron chi connectivity index (χ3n) is 6.09. The Morgan fingerprint density at radius 1 is 1.00 bits per heavy atom. The van der Waals surface area contributed by atoms with E-state index in [0.717, 1.165) is 7.11 Å². The van der Waals surface area contributed by atoms with Crippen LogP contribution in [0.5, 0.6) is 0 Å². The van der Waals surface area contributed by atoms with Crippen molar-refractivity contribution in [1.29, 1.82) is 0 Å². The van der Waals surface area contributed by atoms with E-state index >= 15 is 0 Å². The Bertz CT molecular complexity index is 1020. The average molecular weight is 492 g/mol. The molecule has 0 unspecified atom stereocenters. The summed E-state index contributed by atoms with van der Waals surface area (Å²) in [5, 5.41) is 0. The van der Waals surface area contributed by atoms with Crippen molar-refractivity contribution in [3.8, 4) is 0 Å². The first-order valence-corrected chi connectivity index (χ1v) is 11.0. The molecule has 0 bridgehead atoms. The van der Waals surface area contributed by atoms with E-state index in [9.17, 15) is 22.8 Å². The maximum absolute atomic E-state index is 14.3. The van der Waals surface area contributed by atoms with Crippen molar-refractivity contribution in [3.05, 3.63) is 83.9 Å². The van der Waals surface area contributed by atoms with Crippen LogP contribution in [-0.2, 0) is 34.1 Å². The van der Waals surface area contributed by atoms with Crippen LogP contribution < -0.4 is 0 Å². The molecule has 9 heteroatoms. The monoisotopic (exact) mass is 492 g/mol. The minimum absolute atomic E-state index is 0.265. The summed E-state index contributed by atoms with van der Waals surface area (Å²) in [7, 11) is 2.07. The van der Waals surface area contributed by atoms with E-state index in [2.05, 4.69) is 4.74 Å². The first-order valence-electron chi connectivity index (χ1n) is 11.0. The Kier molecular flexibility index (Phi) is 8.34. The molecule has 1 aliphatic rings. The Labute approximate surface area is 201 Å². The van der Waals surface area contributed by atoms with Crippen LogP contribution in [-0.4, -0.2) is 44.5 Å². The van der Waals surface area contributed by atoms with Crippen molar-refractivity contribution in [2.24, 2.45) is 5.92 Å². The molecule has 1 saturated heterocycles. The highest BCUT2D eigenvalue weighted by Gasteiger charge is 2.65. The van der Waals surface area contributed by atoms with E-state index in [0.29, 0.717) is 5.56 Å². The summed E-state index contributed by atoms with van der Waals surface area (Å²) >= 11 is 0. The second kappa shape index (κ2) is 11.0. The van der Waals surface area contributed by atoms with Gasteiger partial charge in [-0.3, -0.25) is 0 Å². The van der Waals surface area contributed by atoms with E-state index in [1.807, 2.05) is 0 Å². The topological polar surface area (TPSA) is 71.1 Å². The predicted molar refractivity (Wildman–Crippen MR) is 120 cm³/mol. The number of rotatable bonds is 8. The summed E-state index contributed by atoms with van der Waals surface area (Å²) in [5.41, 5.74) is -3.05. The number of esters is 2. The minimum Gasteiger partial charge on any atom is -0.466 e. The summed E-state index contributed by atoms with van der Waals surface area (Å²) in [4.78, 5) is 24.7. The van der Waals surface area contributed by atoms with E-state index in [-0.39, 0.29) is 12.0 Å². The number of halogens is 3. The molecule has 0 aliphatic carbocycles. The van der Waals surface area contributed by atoms with Crippen molar-refractivity contribution >= 4 is 11.9 Å². The molecule has 5 atom stereocenters. The van der Waals surface area contributed by atoms with Crippen LogP contribution >= 0.6 is 0 Å². The normalized spacial score (nSPS) is 24.2. The summed E-state index contributed by atoms with van der Waals surface area (Å²) < 4.78 is 64.2. The highest BCUT2D eigenvalue weighted by atomic mass is 19.4. The molecular weight excluding hydrogens is 465 g/mol. The molecule has 3 rings (SSSR count). The number of benzene rings is 2. The van der Waals surface area contributed by atoms with Gasteiger partial charge in [-0.2, -0.15) is 13.2 Å². The van der Waals surface area contributed by atoms with Gasteiger partial charge in [0.1, 0.15) is 12.2 Å². The zero-order valence-electron chi connectivity index (χ0n) is 19.5. The highest BCUT2D eigenvalue weighted by molar-refractivity contribution is 5.83. The lowest BCUT2D eigenvalue weighted by Gasteiger charge is -2.34. The number of hydrogen-bond acceptors (Lipinski definition) is 6. The van der Waals surface area contributed by atoms with Crippen LogP contribution in [0.3, 0.4) is 0 Å². The van der Waals surface area contributed by atoms with Gasteiger partial charge in [-0.05, 0) is 12.0 Å². The zero-order chi connectivity index (χ0) is 25.6. The van der Waals surface area contributed by atoms with Crippen molar-refractivity contribution < 1.29 is 41.7 Å². The summed E-state index contributed by atoms with van der Waals surface area (Å²) in [6, 6.07) is 15.4. The average Bonchev–Trinajstić information content (AvgIpc) is 3.15.